The second-order valence-electron chi connectivity index (χ2n) is 5.09. The van der Waals surface area contributed by atoms with Crippen LogP contribution >= 0.6 is 0 Å². The molecule has 1 heterocycles. The summed E-state index contributed by atoms with van der Waals surface area (Å²) in [7, 11) is -3.67. The van der Waals surface area contributed by atoms with E-state index in [0.717, 1.165) is 25.7 Å². The number of benzene rings is 1. The summed E-state index contributed by atoms with van der Waals surface area (Å²) in [5.74, 6) is -0.823. The third-order valence-electron chi connectivity index (χ3n) is 3.53. The summed E-state index contributed by atoms with van der Waals surface area (Å²) < 4.78 is 24.5. The first-order valence-corrected chi connectivity index (χ1v) is 8.51. The molecule has 0 aromatic heterocycles. The maximum Gasteiger partial charge on any atom is 0.238 e. The van der Waals surface area contributed by atoms with Crippen molar-refractivity contribution in [1.29, 1.82) is 0 Å². The van der Waals surface area contributed by atoms with Gasteiger partial charge in [0.25, 0.3) is 0 Å². The lowest BCUT2D eigenvalue weighted by molar-refractivity contribution is -0.128. The number of carbonyl (C=O) groups excluding carboxylic acids is 1. The quantitative estimate of drug-likeness (QED) is 0.856. The second kappa shape index (κ2) is 6.26. The van der Waals surface area contributed by atoms with Crippen molar-refractivity contribution in [2.45, 2.75) is 30.6 Å². The molecule has 1 aromatic rings. The SMILES string of the molecule is Nc1ccccc1S(=O)(=O)CC(=O)N1CCCCCC1. The van der Waals surface area contributed by atoms with Gasteiger partial charge in [-0.1, -0.05) is 25.0 Å². The maximum absolute atomic E-state index is 12.3. The summed E-state index contributed by atoms with van der Waals surface area (Å²) in [6.07, 6.45) is 4.09. The van der Waals surface area contributed by atoms with E-state index in [2.05, 4.69) is 0 Å². The van der Waals surface area contributed by atoms with Crippen molar-refractivity contribution in [3.8, 4) is 0 Å². The summed E-state index contributed by atoms with van der Waals surface area (Å²) in [5, 5.41) is 0. The first-order valence-electron chi connectivity index (χ1n) is 6.86. The molecule has 6 heteroatoms. The fraction of sp³-hybridized carbons (Fsp3) is 0.500. The number of sulfone groups is 1. The molecule has 110 valence electrons. The lowest BCUT2D eigenvalue weighted by atomic mass is 10.2. The van der Waals surface area contributed by atoms with Crippen LogP contribution in [0.4, 0.5) is 5.69 Å². The molecule has 0 unspecified atom stereocenters. The zero-order valence-corrected chi connectivity index (χ0v) is 12.2. The van der Waals surface area contributed by atoms with Crippen LogP contribution in [-0.4, -0.2) is 38.1 Å². The normalized spacial score (nSPS) is 16.7. The molecule has 1 aliphatic rings. The Labute approximate surface area is 119 Å². The summed E-state index contributed by atoms with van der Waals surface area (Å²) in [5.41, 5.74) is 5.87. The van der Waals surface area contributed by atoms with Crippen LogP contribution in [0.5, 0.6) is 0 Å². The number of hydrogen-bond acceptors (Lipinski definition) is 4. The predicted molar refractivity (Wildman–Crippen MR) is 78.0 cm³/mol. The molecule has 0 aliphatic carbocycles. The van der Waals surface area contributed by atoms with E-state index in [1.54, 1.807) is 17.0 Å². The molecule has 5 nitrogen and oxygen atoms in total. The molecule has 0 spiro atoms. The summed E-state index contributed by atoms with van der Waals surface area (Å²) in [6, 6.07) is 6.26. The van der Waals surface area contributed by atoms with Crippen molar-refractivity contribution in [2.75, 3.05) is 24.6 Å². The summed E-state index contributed by atoms with van der Waals surface area (Å²) in [4.78, 5) is 13.9. The minimum absolute atomic E-state index is 0.0446. The Hall–Kier alpha value is -1.56. The number of nitrogens with zero attached hydrogens (tertiary/aromatic N) is 1. The first kappa shape index (κ1) is 14.8. The van der Waals surface area contributed by atoms with Gasteiger partial charge in [-0.05, 0) is 25.0 Å². The number of amides is 1. The van der Waals surface area contributed by atoms with Crippen LogP contribution in [0.2, 0.25) is 0 Å². The average Bonchev–Trinajstić information content (AvgIpc) is 2.67. The highest BCUT2D eigenvalue weighted by atomic mass is 32.2. The van der Waals surface area contributed by atoms with Crippen molar-refractivity contribution in [3.05, 3.63) is 24.3 Å². The maximum atomic E-state index is 12.3. The number of para-hydroxylation sites is 1. The summed E-state index contributed by atoms with van der Waals surface area (Å²) in [6.45, 7) is 1.30. The van der Waals surface area contributed by atoms with Gasteiger partial charge < -0.3 is 10.6 Å². The number of nitrogen functional groups attached to an aromatic ring is 1. The molecule has 20 heavy (non-hydrogen) atoms. The Morgan fingerprint density at radius 2 is 1.70 bits per heavy atom. The van der Waals surface area contributed by atoms with Gasteiger partial charge >= 0.3 is 0 Å². The molecule has 1 aromatic carbocycles. The Balaban J connectivity index is 2.12. The molecular formula is C14H20N2O3S. The molecule has 0 saturated carbocycles. The molecule has 0 bridgehead atoms. The van der Waals surface area contributed by atoms with Gasteiger partial charge in [-0.25, -0.2) is 8.42 Å². The highest BCUT2D eigenvalue weighted by Gasteiger charge is 2.25. The van der Waals surface area contributed by atoms with Gasteiger partial charge in [-0.3, -0.25) is 4.79 Å². The predicted octanol–water partition coefficient (Wildman–Crippen LogP) is 1.45. The van der Waals surface area contributed by atoms with E-state index in [-0.39, 0.29) is 16.5 Å². The van der Waals surface area contributed by atoms with Crippen LogP contribution in [0, 0.1) is 0 Å². The number of rotatable bonds is 3. The van der Waals surface area contributed by atoms with Crippen LogP contribution in [0.15, 0.2) is 29.2 Å². The Morgan fingerprint density at radius 1 is 1.10 bits per heavy atom. The topological polar surface area (TPSA) is 80.5 Å². The number of likely N-dealkylation sites (tertiary alicyclic amines) is 1. The smallest absolute Gasteiger partial charge is 0.238 e. The van der Waals surface area contributed by atoms with Gasteiger partial charge in [0.15, 0.2) is 9.84 Å². The van der Waals surface area contributed by atoms with Crippen molar-refractivity contribution in [2.24, 2.45) is 0 Å². The van der Waals surface area contributed by atoms with E-state index in [9.17, 15) is 13.2 Å². The highest BCUT2D eigenvalue weighted by molar-refractivity contribution is 7.92. The lowest BCUT2D eigenvalue weighted by Gasteiger charge is -2.20. The largest absolute Gasteiger partial charge is 0.398 e. The van der Waals surface area contributed by atoms with E-state index in [1.807, 2.05) is 0 Å². The van der Waals surface area contributed by atoms with Gasteiger partial charge in [0, 0.05) is 13.1 Å². The van der Waals surface area contributed by atoms with Gasteiger partial charge in [-0.15, -0.1) is 0 Å². The van der Waals surface area contributed by atoms with Crippen LogP contribution in [-0.2, 0) is 14.6 Å². The van der Waals surface area contributed by atoms with E-state index >= 15 is 0 Å². The van der Waals surface area contributed by atoms with Crippen LogP contribution in [0.25, 0.3) is 0 Å². The Bertz CT molecular complexity index is 576. The fourth-order valence-electron chi connectivity index (χ4n) is 2.42. The number of nitrogens with two attached hydrogens (primary N) is 1. The molecule has 1 saturated heterocycles. The molecule has 2 N–H and O–H groups in total. The van der Waals surface area contributed by atoms with Crippen LogP contribution < -0.4 is 5.73 Å². The number of anilines is 1. The third-order valence-corrected chi connectivity index (χ3v) is 5.20. The number of hydrogen-bond donors (Lipinski definition) is 1. The van der Waals surface area contributed by atoms with Gasteiger partial charge in [0.05, 0.1) is 10.6 Å². The zero-order chi connectivity index (χ0) is 14.6. The Morgan fingerprint density at radius 3 is 2.30 bits per heavy atom. The van der Waals surface area contributed by atoms with Crippen LogP contribution in [0.1, 0.15) is 25.7 Å². The van der Waals surface area contributed by atoms with Gasteiger partial charge in [-0.2, -0.15) is 0 Å². The molecule has 0 atom stereocenters. The molecule has 1 amide bonds. The van der Waals surface area contributed by atoms with Gasteiger partial charge in [0.2, 0.25) is 5.91 Å². The minimum atomic E-state index is -3.67. The molecular weight excluding hydrogens is 276 g/mol. The minimum Gasteiger partial charge on any atom is -0.398 e. The number of carbonyl (C=O) groups is 1. The van der Waals surface area contributed by atoms with Gasteiger partial charge in [0.1, 0.15) is 5.75 Å². The van der Waals surface area contributed by atoms with Crippen molar-refractivity contribution in [3.63, 3.8) is 0 Å². The standard InChI is InChI=1S/C14H20N2O3S/c15-12-7-3-4-8-13(12)20(18,19)11-14(17)16-9-5-1-2-6-10-16/h3-4,7-8H,1-2,5-6,9-11,15H2. The average molecular weight is 296 g/mol. The lowest BCUT2D eigenvalue weighted by Crippen LogP contribution is -2.36. The van der Waals surface area contributed by atoms with E-state index < -0.39 is 15.6 Å². The van der Waals surface area contributed by atoms with Crippen molar-refractivity contribution < 1.29 is 13.2 Å². The van der Waals surface area contributed by atoms with Crippen LogP contribution in [0.3, 0.4) is 0 Å². The highest BCUT2D eigenvalue weighted by Crippen LogP contribution is 2.19. The van der Waals surface area contributed by atoms with E-state index in [0.29, 0.717) is 13.1 Å². The first-order chi connectivity index (χ1) is 9.50. The monoisotopic (exact) mass is 296 g/mol. The molecule has 2 rings (SSSR count). The van der Waals surface area contributed by atoms with E-state index in [1.165, 1.54) is 12.1 Å². The second-order valence-corrected chi connectivity index (χ2v) is 7.05. The van der Waals surface area contributed by atoms with Crippen molar-refractivity contribution >= 4 is 21.4 Å². The molecule has 1 aliphatic heterocycles. The summed E-state index contributed by atoms with van der Waals surface area (Å²) >= 11 is 0. The zero-order valence-electron chi connectivity index (χ0n) is 11.4. The molecule has 1 fully saturated rings. The fourth-order valence-corrected chi connectivity index (χ4v) is 3.79. The Kier molecular flexibility index (Phi) is 4.65. The van der Waals surface area contributed by atoms with Crippen molar-refractivity contribution in [1.82, 2.24) is 4.90 Å². The van der Waals surface area contributed by atoms with E-state index in [4.69, 9.17) is 5.73 Å². The third kappa shape index (κ3) is 3.50. The molecule has 0 radical (unpaired) electrons.